The molecule has 0 fully saturated rings. The smallest absolute Gasteiger partial charge is 0.273 e. The highest BCUT2D eigenvalue weighted by atomic mass is 32.1. The second kappa shape index (κ2) is 8.67. The number of fused-ring (bicyclic) bond motifs is 1. The van der Waals surface area contributed by atoms with Crippen LogP contribution in [0.5, 0.6) is 5.75 Å². The van der Waals surface area contributed by atoms with E-state index in [1.807, 2.05) is 25.1 Å². The zero-order chi connectivity index (χ0) is 23.7. The van der Waals surface area contributed by atoms with Crippen LogP contribution in [-0.2, 0) is 0 Å². The van der Waals surface area contributed by atoms with E-state index >= 15 is 0 Å². The van der Waals surface area contributed by atoms with Crippen molar-refractivity contribution in [1.29, 1.82) is 0 Å². The molecule has 0 saturated heterocycles. The van der Waals surface area contributed by atoms with Crippen LogP contribution in [0.25, 0.3) is 22.6 Å². The fourth-order valence-electron chi connectivity index (χ4n) is 3.22. The molecule has 4 rings (SSSR count). The molecule has 0 saturated carbocycles. The van der Waals surface area contributed by atoms with E-state index in [2.05, 4.69) is 15.6 Å². The fourth-order valence-corrected chi connectivity index (χ4v) is 3.43. The number of nitrogens with zero attached hydrogens (tertiary/aromatic N) is 2. The molecule has 3 aromatic carbocycles. The molecule has 1 amide bonds. The van der Waals surface area contributed by atoms with Crippen molar-refractivity contribution in [2.45, 2.75) is 13.8 Å². The van der Waals surface area contributed by atoms with Gasteiger partial charge in [0.1, 0.15) is 11.3 Å². The number of carbonyl (C=O) groups is 1. The second-order valence-electron chi connectivity index (χ2n) is 7.39. The highest BCUT2D eigenvalue weighted by molar-refractivity contribution is 7.80. The van der Waals surface area contributed by atoms with Gasteiger partial charge in [-0.2, -0.15) is 0 Å². The zero-order valence-corrected chi connectivity index (χ0v) is 18.4. The van der Waals surface area contributed by atoms with Gasteiger partial charge in [-0.05, 0) is 62.0 Å². The van der Waals surface area contributed by atoms with E-state index in [1.165, 1.54) is 24.3 Å². The second-order valence-corrected chi connectivity index (χ2v) is 7.80. The van der Waals surface area contributed by atoms with E-state index in [1.54, 1.807) is 19.1 Å². The lowest BCUT2D eigenvalue weighted by Crippen LogP contribution is -2.34. The molecule has 1 aromatic heterocycles. The van der Waals surface area contributed by atoms with Crippen molar-refractivity contribution < 1.29 is 19.2 Å². The maximum atomic E-state index is 12.4. The standard InChI is InChI=1S/C23H18N4O5S/c1-12-3-8-17-20(9-12)32-22(25-17)16-7-6-15(11-19(16)28)24-23(33)26-21(29)14-5-4-13(2)18(10-14)27(30)31/h3-11,28H,1-2H3,(H2,24,26,29,33). The third-order valence-electron chi connectivity index (χ3n) is 4.93. The Kier molecular flexibility index (Phi) is 5.76. The molecule has 166 valence electrons. The molecule has 33 heavy (non-hydrogen) atoms. The number of aryl methyl sites for hydroxylation is 2. The van der Waals surface area contributed by atoms with Crippen molar-refractivity contribution in [1.82, 2.24) is 10.3 Å². The fraction of sp³-hybridized carbons (Fsp3) is 0.0870. The van der Waals surface area contributed by atoms with Crippen molar-refractivity contribution in [2.24, 2.45) is 0 Å². The maximum Gasteiger partial charge on any atom is 0.273 e. The molecule has 0 atom stereocenters. The van der Waals surface area contributed by atoms with Crippen molar-refractivity contribution in [2.75, 3.05) is 5.32 Å². The number of benzene rings is 3. The lowest BCUT2D eigenvalue weighted by atomic mass is 10.1. The summed E-state index contributed by atoms with van der Waals surface area (Å²) in [5.74, 6) is -0.415. The van der Waals surface area contributed by atoms with Crippen molar-refractivity contribution in [3.8, 4) is 17.2 Å². The van der Waals surface area contributed by atoms with E-state index in [9.17, 15) is 20.0 Å². The molecule has 3 N–H and O–H groups in total. The number of thiocarbonyl (C=S) groups is 1. The zero-order valence-electron chi connectivity index (χ0n) is 17.6. The van der Waals surface area contributed by atoms with Crippen LogP contribution in [0.15, 0.2) is 59.0 Å². The van der Waals surface area contributed by atoms with Gasteiger partial charge in [0.15, 0.2) is 10.7 Å². The minimum atomic E-state index is -0.599. The highest BCUT2D eigenvalue weighted by Gasteiger charge is 2.17. The number of phenolic OH excluding ortho intramolecular Hbond substituents is 1. The van der Waals surface area contributed by atoms with Crippen molar-refractivity contribution in [3.05, 3.63) is 81.4 Å². The Morgan fingerprint density at radius 1 is 1.12 bits per heavy atom. The number of nitro groups is 1. The Labute approximate surface area is 193 Å². The number of aromatic hydroxyl groups is 1. The van der Waals surface area contributed by atoms with Gasteiger partial charge >= 0.3 is 0 Å². The SMILES string of the molecule is Cc1ccc2nc(-c3ccc(NC(=S)NC(=O)c4ccc(C)c([N+](=O)[O-])c4)cc3O)oc2c1. The molecular formula is C23H18N4O5S. The number of hydrogen-bond donors (Lipinski definition) is 3. The van der Waals surface area contributed by atoms with Gasteiger partial charge < -0.3 is 14.8 Å². The number of rotatable bonds is 4. The van der Waals surface area contributed by atoms with Crippen LogP contribution in [0.3, 0.4) is 0 Å². The van der Waals surface area contributed by atoms with E-state index in [0.717, 1.165) is 5.56 Å². The molecule has 9 nitrogen and oxygen atoms in total. The minimum Gasteiger partial charge on any atom is -0.507 e. The molecule has 0 aliphatic rings. The van der Waals surface area contributed by atoms with Gasteiger partial charge in [-0.3, -0.25) is 20.2 Å². The van der Waals surface area contributed by atoms with Crippen LogP contribution in [0.1, 0.15) is 21.5 Å². The number of phenols is 1. The number of amides is 1. The Morgan fingerprint density at radius 2 is 1.91 bits per heavy atom. The van der Waals surface area contributed by atoms with Crippen LogP contribution in [0, 0.1) is 24.0 Å². The molecule has 0 aliphatic carbocycles. The van der Waals surface area contributed by atoms with Gasteiger partial charge in [0, 0.05) is 28.9 Å². The molecule has 4 aromatic rings. The maximum absolute atomic E-state index is 12.4. The topological polar surface area (TPSA) is 131 Å². The van der Waals surface area contributed by atoms with Gasteiger partial charge in [0.2, 0.25) is 5.89 Å². The molecule has 0 aliphatic heterocycles. The Hall–Kier alpha value is -4.31. The van der Waals surface area contributed by atoms with Crippen LogP contribution in [-0.4, -0.2) is 26.0 Å². The summed E-state index contributed by atoms with van der Waals surface area (Å²) in [7, 11) is 0. The predicted molar refractivity (Wildman–Crippen MR) is 127 cm³/mol. The van der Waals surface area contributed by atoms with Crippen molar-refractivity contribution in [3.63, 3.8) is 0 Å². The summed E-state index contributed by atoms with van der Waals surface area (Å²) in [6, 6.07) is 14.5. The minimum absolute atomic E-state index is 0.0345. The number of anilines is 1. The summed E-state index contributed by atoms with van der Waals surface area (Å²) < 4.78 is 5.75. The summed E-state index contributed by atoms with van der Waals surface area (Å²) >= 11 is 5.16. The molecule has 0 unspecified atom stereocenters. The van der Waals surface area contributed by atoms with Crippen molar-refractivity contribution >= 4 is 45.7 Å². The molecule has 10 heteroatoms. The number of aromatic nitrogens is 1. The van der Waals surface area contributed by atoms with Gasteiger partial charge in [0.05, 0.1) is 10.5 Å². The molecular weight excluding hydrogens is 444 g/mol. The summed E-state index contributed by atoms with van der Waals surface area (Å²) in [4.78, 5) is 27.3. The summed E-state index contributed by atoms with van der Waals surface area (Å²) in [5.41, 5.74) is 3.54. The van der Waals surface area contributed by atoms with Crippen LogP contribution >= 0.6 is 12.2 Å². The van der Waals surface area contributed by atoms with Gasteiger partial charge in [-0.15, -0.1) is 0 Å². The first-order chi connectivity index (χ1) is 15.7. The number of hydrogen-bond acceptors (Lipinski definition) is 7. The third kappa shape index (κ3) is 4.65. The number of nitrogens with one attached hydrogen (secondary N) is 2. The van der Waals surface area contributed by atoms with E-state index in [-0.39, 0.29) is 28.0 Å². The highest BCUT2D eigenvalue weighted by Crippen LogP contribution is 2.33. The predicted octanol–water partition coefficient (Wildman–Crippen LogP) is 4.85. The lowest BCUT2D eigenvalue weighted by molar-refractivity contribution is -0.385. The van der Waals surface area contributed by atoms with E-state index < -0.39 is 10.8 Å². The van der Waals surface area contributed by atoms with Gasteiger partial charge in [0.25, 0.3) is 11.6 Å². The summed E-state index contributed by atoms with van der Waals surface area (Å²) in [6.45, 7) is 3.53. The first kappa shape index (κ1) is 21.9. The summed E-state index contributed by atoms with van der Waals surface area (Å²) in [6.07, 6.45) is 0. The van der Waals surface area contributed by atoms with E-state index in [0.29, 0.717) is 27.9 Å². The number of carbonyl (C=O) groups excluding carboxylic acids is 1. The average Bonchev–Trinajstić information content (AvgIpc) is 3.16. The molecule has 0 spiro atoms. The Balaban J connectivity index is 1.47. The normalized spacial score (nSPS) is 10.7. The lowest BCUT2D eigenvalue weighted by Gasteiger charge is -2.11. The molecule has 0 radical (unpaired) electrons. The molecule has 1 heterocycles. The van der Waals surface area contributed by atoms with E-state index in [4.69, 9.17) is 16.6 Å². The Morgan fingerprint density at radius 3 is 2.64 bits per heavy atom. The molecule has 0 bridgehead atoms. The summed E-state index contributed by atoms with van der Waals surface area (Å²) in [5, 5.41) is 26.8. The van der Waals surface area contributed by atoms with Gasteiger partial charge in [-0.1, -0.05) is 12.1 Å². The van der Waals surface area contributed by atoms with Crippen LogP contribution in [0.2, 0.25) is 0 Å². The van der Waals surface area contributed by atoms with Crippen LogP contribution < -0.4 is 10.6 Å². The van der Waals surface area contributed by atoms with Gasteiger partial charge in [-0.25, -0.2) is 4.98 Å². The first-order valence-corrected chi connectivity index (χ1v) is 10.2. The Bertz CT molecular complexity index is 1430. The quantitative estimate of drug-likeness (QED) is 0.223. The monoisotopic (exact) mass is 462 g/mol. The largest absolute Gasteiger partial charge is 0.507 e. The number of oxazole rings is 1. The van der Waals surface area contributed by atoms with Crippen LogP contribution in [0.4, 0.5) is 11.4 Å². The average molecular weight is 462 g/mol. The third-order valence-corrected chi connectivity index (χ3v) is 5.13. The first-order valence-electron chi connectivity index (χ1n) is 9.79. The number of nitro benzene ring substituents is 1.